The zero-order chi connectivity index (χ0) is 13.7. The number of nitrogens with two attached hydrogens (primary N) is 1. The molecule has 0 spiro atoms. The molecule has 0 amide bonds. The summed E-state index contributed by atoms with van der Waals surface area (Å²) in [7, 11) is 1.92. The van der Waals surface area contributed by atoms with Crippen LogP contribution in [0.2, 0.25) is 10.3 Å². The molecule has 2 heterocycles. The Kier molecular flexibility index (Phi) is 5.18. The number of likely N-dealkylation sites (N-methyl/N-ethyl adjacent to an activating group) is 1. The number of nitrogens with zero attached hydrogens (tertiary/aromatic N) is 4. The fourth-order valence-electron chi connectivity index (χ4n) is 1.31. The number of anilines is 2. The van der Waals surface area contributed by atoms with Gasteiger partial charge in [0.25, 0.3) is 0 Å². The number of aliphatic imine (C=N–C) groups is 1. The molecule has 1 aliphatic rings. The number of rotatable bonds is 1. The standard InChI is InChI=1S/C8H10Cl2N6.C2H4/c1-16-3-2-12-8(16)13-4-5(9)14-7(11)15-6(4)10;1-2/h2-3H2,1H3,(H,12,13)(H2,11,14,15);1-2H2. The Balaban J connectivity index is 0.000000771. The summed E-state index contributed by atoms with van der Waals surface area (Å²) in [4.78, 5) is 13.8. The minimum Gasteiger partial charge on any atom is -0.368 e. The SMILES string of the molecule is C=C.CN1CCN=C1Nc1c(Cl)nc(N)nc1Cl. The van der Waals surface area contributed by atoms with Gasteiger partial charge in [0.05, 0.1) is 6.54 Å². The molecule has 0 radical (unpaired) electrons. The summed E-state index contributed by atoms with van der Waals surface area (Å²) in [6.45, 7) is 7.59. The lowest BCUT2D eigenvalue weighted by Crippen LogP contribution is -2.29. The van der Waals surface area contributed by atoms with E-state index < -0.39 is 0 Å². The van der Waals surface area contributed by atoms with E-state index in [1.807, 2.05) is 11.9 Å². The molecule has 18 heavy (non-hydrogen) atoms. The van der Waals surface area contributed by atoms with Gasteiger partial charge >= 0.3 is 0 Å². The van der Waals surface area contributed by atoms with E-state index in [0.717, 1.165) is 13.1 Å². The summed E-state index contributed by atoms with van der Waals surface area (Å²) in [5.74, 6) is 0.736. The Bertz CT molecular complexity index is 439. The van der Waals surface area contributed by atoms with Crippen LogP contribution in [-0.4, -0.2) is 41.0 Å². The molecule has 1 aromatic rings. The maximum absolute atomic E-state index is 5.91. The van der Waals surface area contributed by atoms with E-state index in [1.165, 1.54) is 0 Å². The molecule has 8 heteroatoms. The van der Waals surface area contributed by atoms with Crippen LogP contribution in [0.15, 0.2) is 18.2 Å². The van der Waals surface area contributed by atoms with E-state index in [1.54, 1.807) is 0 Å². The van der Waals surface area contributed by atoms with E-state index >= 15 is 0 Å². The monoisotopic (exact) mass is 288 g/mol. The maximum atomic E-state index is 5.91. The largest absolute Gasteiger partial charge is 0.368 e. The second kappa shape index (κ2) is 6.42. The van der Waals surface area contributed by atoms with Crippen LogP contribution in [-0.2, 0) is 0 Å². The number of nitrogens with one attached hydrogen (secondary N) is 1. The molecule has 0 fully saturated rings. The van der Waals surface area contributed by atoms with E-state index in [0.29, 0.717) is 11.6 Å². The second-order valence-electron chi connectivity index (χ2n) is 3.29. The number of nitrogen functional groups attached to an aromatic ring is 1. The fraction of sp³-hybridized carbons (Fsp3) is 0.300. The van der Waals surface area contributed by atoms with Gasteiger partial charge in [-0.1, -0.05) is 23.2 Å². The lowest BCUT2D eigenvalue weighted by atomic mass is 10.5. The Labute approximate surface area is 116 Å². The molecule has 0 atom stereocenters. The highest BCUT2D eigenvalue weighted by Crippen LogP contribution is 2.28. The molecular formula is C10H14Cl2N6. The second-order valence-corrected chi connectivity index (χ2v) is 4.01. The van der Waals surface area contributed by atoms with Crippen LogP contribution in [0.3, 0.4) is 0 Å². The van der Waals surface area contributed by atoms with Crippen molar-refractivity contribution >= 4 is 40.8 Å². The molecule has 0 unspecified atom stereocenters. The highest BCUT2D eigenvalue weighted by atomic mass is 35.5. The van der Waals surface area contributed by atoms with Crippen molar-refractivity contribution in [2.45, 2.75) is 0 Å². The van der Waals surface area contributed by atoms with Crippen LogP contribution in [0.4, 0.5) is 11.6 Å². The summed E-state index contributed by atoms with van der Waals surface area (Å²) < 4.78 is 0. The minimum atomic E-state index is 0.0438. The van der Waals surface area contributed by atoms with E-state index in [-0.39, 0.29) is 16.3 Å². The van der Waals surface area contributed by atoms with Crippen molar-refractivity contribution in [2.24, 2.45) is 4.99 Å². The molecule has 0 saturated heterocycles. The van der Waals surface area contributed by atoms with E-state index in [4.69, 9.17) is 28.9 Å². The summed E-state index contributed by atoms with van der Waals surface area (Å²) in [5, 5.41) is 3.35. The topological polar surface area (TPSA) is 79.4 Å². The van der Waals surface area contributed by atoms with Crippen molar-refractivity contribution in [3.05, 3.63) is 23.5 Å². The van der Waals surface area contributed by atoms with Crippen molar-refractivity contribution in [2.75, 3.05) is 31.2 Å². The van der Waals surface area contributed by atoms with Gasteiger partial charge in [-0.3, -0.25) is 4.99 Å². The van der Waals surface area contributed by atoms with E-state index in [9.17, 15) is 0 Å². The molecule has 1 aromatic heterocycles. The molecule has 0 bridgehead atoms. The van der Waals surface area contributed by atoms with Crippen LogP contribution in [0.5, 0.6) is 0 Å². The van der Waals surface area contributed by atoms with Gasteiger partial charge in [-0.25, -0.2) is 0 Å². The third-order valence-electron chi connectivity index (χ3n) is 2.13. The molecular weight excluding hydrogens is 275 g/mol. The number of hydrogen-bond acceptors (Lipinski definition) is 6. The van der Waals surface area contributed by atoms with Gasteiger partial charge in [0, 0.05) is 13.6 Å². The van der Waals surface area contributed by atoms with Crippen LogP contribution >= 0.6 is 23.2 Å². The summed E-state index contributed by atoms with van der Waals surface area (Å²) in [6, 6.07) is 0. The average molecular weight is 289 g/mol. The lowest BCUT2D eigenvalue weighted by Gasteiger charge is -2.16. The summed E-state index contributed by atoms with van der Waals surface area (Å²) >= 11 is 11.8. The molecule has 1 aliphatic heterocycles. The van der Waals surface area contributed by atoms with Gasteiger partial charge in [-0.05, 0) is 0 Å². The first kappa shape index (κ1) is 14.5. The van der Waals surface area contributed by atoms with Gasteiger partial charge in [0.2, 0.25) is 5.95 Å². The first-order valence-corrected chi connectivity index (χ1v) is 5.84. The first-order chi connectivity index (χ1) is 8.58. The molecule has 6 nitrogen and oxygen atoms in total. The quantitative estimate of drug-likeness (QED) is 0.609. The minimum absolute atomic E-state index is 0.0438. The number of guanidine groups is 1. The zero-order valence-corrected chi connectivity index (χ0v) is 11.5. The third kappa shape index (κ3) is 3.24. The molecule has 98 valence electrons. The summed E-state index contributed by atoms with van der Waals surface area (Å²) in [5.41, 5.74) is 5.83. The number of aromatic nitrogens is 2. The van der Waals surface area contributed by atoms with Gasteiger partial charge in [-0.15, -0.1) is 13.2 Å². The highest BCUT2D eigenvalue weighted by molar-refractivity contribution is 6.38. The number of hydrogen-bond donors (Lipinski definition) is 2. The zero-order valence-electron chi connectivity index (χ0n) is 9.95. The third-order valence-corrected chi connectivity index (χ3v) is 2.68. The van der Waals surface area contributed by atoms with Crippen molar-refractivity contribution in [1.29, 1.82) is 0 Å². The Morgan fingerprint density at radius 2 is 1.83 bits per heavy atom. The van der Waals surface area contributed by atoms with Crippen molar-refractivity contribution in [1.82, 2.24) is 14.9 Å². The molecule has 0 aromatic carbocycles. The molecule has 3 N–H and O–H groups in total. The van der Waals surface area contributed by atoms with Gasteiger partial charge in [-0.2, -0.15) is 9.97 Å². The maximum Gasteiger partial charge on any atom is 0.223 e. The molecule has 2 rings (SSSR count). The highest BCUT2D eigenvalue weighted by Gasteiger charge is 2.17. The average Bonchev–Trinajstić information content (AvgIpc) is 2.72. The van der Waals surface area contributed by atoms with Gasteiger partial charge in [0.1, 0.15) is 5.69 Å². The first-order valence-electron chi connectivity index (χ1n) is 5.09. The van der Waals surface area contributed by atoms with E-state index in [2.05, 4.69) is 33.4 Å². The van der Waals surface area contributed by atoms with Crippen molar-refractivity contribution in [3.63, 3.8) is 0 Å². The van der Waals surface area contributed by atoms with Crippen LogP contribution in [0.1, 0.15) is 0 Å². The predicted octanol–water partition coefficient (Wildman–Crippen LogP) is 1.88. The smallest absolute Gasteiger partial charge is 0.223 e. The molecule has 0 aliphatic carbocycles. The fourth-order valence-corrected chi connectivity index (χ4v) is 1.80. The Morgan fingerprint density at radius 3 is 2.28 bits per heavy atom. The summed E-state index contributed by atoms with van der Waals surface area (Å²) in [6.07, 6.45) is 0. The van der Waals surface area contributed by atoms with Crippen molar-refractivity contribution < 1.29 is 0 Å². The Morgan fingerprint density at radius 1 is 1.28 bits per heavy atom. The number of halogens is 2. The normalized spacial score (nSPS) is 13.7. The van der Waals surface area contributed by atoms with Crippen LogP contribution in [0.25, 0.3) is 0 Å². The van der Waals surface area contributed by atoms with Crippen LogP contribution < -0.4 is 11.1 Å². The predicted molar refractivity (Wildman–Crippen MR) is 76.3 cm³/mol. The van der Waals surface area contributed by atoms with Crippen LogP contribution in [0, 0.1) is 0 Å². The van der Waals surface area contributed by atoms with Crippen molar-refractivity contribution in [3.8, 4) is 0 Å². The van der Waals surface area contributed by atoms with Gasteiger partial charge < -0.3 is 16.0 Å². The Hall–Kier alpha value is -1.53. The lowest BCUT2D eigenvalue weighted by molar-refractivity contribution is 0.555. The molecule has 0 saturated carbocycles. The van der Waals surface area contributed by atoms with Gasteiger partial charge in [0.15, 0.2) is 16.3 Å².